The molecular weight excluding hydrogens is 308 g/mol. The highest BCUT2D eigenvalue weighted by atomic mass is 16.3. The second kappa shape index (κ2) is 7.92. The van der Waals surface area contributed by atoms with E-state index in [9.17, 15) is 5.11 Å². The molecule has 1 aliphatic heterocycles. The fourth-order valence-corrected chi connectivity index (χ4v) is 3.68. The van der Waals surface area contributed by atoms with Crippen LogP contribution >= 0.6 is 0 Å². The number of phenolic OH excluding ortho intramolecular Hbond substituents is 1. The van der Waals surface area contributed by atoms with Gasteiger partial charge in [0.2, 0.25) is 0 Å². The summed E-state index contributed by atoms with van der Waals surface area (Å²) in [6, 6.07) is 15.0. The number of nitrogens with zero attached hydrogens (tertiary/aromatic N) is 2. The summed E-state index contributed by atoms with van der Waals surface area (Å²) in [6.07, 6.45) is 2.23. The van der Waals surface area contributed by atoms with Gasteiger partial charge in [0.15, 0.2) is 0 Å². The topological polar surface area (TPSA) is 26.7 Å². The second-order valence-electron chi connectivity index (χ2n) is 7.37. The summed E-state index contributed by atoms with van der Waals surface area (Å²) in [4.78, 5) is 5.15. The largest absolute Gasteiger partial charge is 0.508 e. The lowest BCUT2D eigenvalue weighted by Crippen LogP contribution is -2.49. The van der Waals surface area contributed by atoms with Gasteiger partial charge in [-0.2, -0.15) is 0 Å². The third-order valence-electron chi connectivity index (χ3n) is 5.43. The summed E-state index contributed by atoms with van der Waals surface area (Å²) >= 11 is 0. The molecule has 134 valence electrons. The Kier molecular flexibility index (Phi) is 5.64. The molecule has 1 fully saturated rings. The maximum atomic E-state index is 9.38. The van der Waals surface area contributed by atoms with Crippen molar-refractivity contribution in [1.82, 2.24) is 4.90 Å². The van der Waals surface area contributed by atoms with E-state index in [2.05, 4.69) is 48.8 Å². The Balaban J connectivity index is 1.51. The summed E-state index contributed by atoms with van der Waals surface area (Å²) in [6.45, 7) is 11.2. The van der Waals surface area contributed by atoms with Crippen LogP contribution in [0.1, 0.15) is 30.0 Å². The van der Waals surface area contributed by atoms with Gasteiger partial charge in [-0.15, -0.1) is 0 Å². The highest BCUT2D eigenvalue weighted by molar-refractivity contribution is 5.55. The first-order valence-corrected chi connectivity index (χ1v) is 9.37. The number of rotatable bonds is 5. The first-order valence-electron chi connectivity index (χ1n) is 9.37. The summed E-state index contributed by atoms with van der Waals surface area (Å²) in [5, 5.41) is 9.38. The van der Waals surface area contributed by atoms with Crippen LogP contribution in [0.15, 0.2) is 42.5 Å². The summed E-state index contributed by atoms with van der Waals surface area (Å²) in [5.41, 5.74) is 5.42. The quantitative estimate of drug-likeness (QED) is 0.887. The molecule has 1 heterocycles. The molecule has 0 unspecified atom stereocenters. The molecule has 0 radical (unpaired) electrons. The average molecular weight is 338 g/mol. The van der Waals surface area contributed by atoms with Crippen molar-refractivity contribution in [1.29, 1.82) is 0 Å². The van der Waals surface area contributed by atoms with Gasteiger partial charge in [-0.3, -0.25) is 4.90 Å². The number of hydrogen-bond donors (Lipinski definition) is 1. The summed E-state index contributed by atoms with van der Waals surface area (Å²) in [5.74, 6) is 0.347. The van der Waals surface area contributed by atoms with Crippen LogP contribution in [-0.4, -0.2) is 42.2 Å². The lowest BCUT2D eigenvalue weighted by Gasteiger charge is -2.39. The first-order chi connectivity index (χ1) is 12.0. The number of anilines is 1. The molecule has 3 nitrogen and oxygen atoms in total. The Morgan fingerprint density at radius 1 is 0.960 bits per heavy atom. The van der Waals surface area contributed by atoms with Crippen molar-refractivity contribution in [3.63, 3.8) is 0 Å². The van der Waals surface area contributed by atoms with Crippen LogP contribution < -0.4 is 4.90 Å². The van der Waals surface area contributed by atoms with Crippen molar-refractivity contribution in [2.24, 2.45) is 0 Å². The fourth-order valence-electron chi connectivity index (χ4n) is 3.68. The predicted molar refractivity (Wildman–Crippen MR) is 106 cm³/mol. The fraction of sp³-hybridized carbons (Fsp3) is 0.455. The van der Waals surface area contributed by atoms with Gasteiger partial charge in [-0.1, -0.05) is 24.3 Å². The third kappa shape index (κ3) is 4.55. The third-order valence-corrected chi connectivity index (χ3v) is 5.43. The molecule has 1 saturated heterocycles. The highest BCUT2D eigenvalue weighted by Gasteiger charge is 2.22. The van der Waals surface area contributed by atoms with E-state index in [0.717, 1.165) is 39.0 Å². The number of phenols is 1. The molecule has 1 N–H and O–H groups in total. The average Bonchev–Trinajstić information content (AvgIpc) is 2.63. The maximum Gasteiger partial charge on any atom is 0.115 e. The van der Waals surface area contributed by atoms with E-state index in [4.69, 9.17) is 0 Å². The smallest absolute Gasteiger partial charge is 0.115 e. The van der Waals surface area contributed by atoms with Gasteiger partial charge in [0.05, 0.1) is 0 Å². The van der Waals surface area contributed by atoms with Gasteiger partial charge < -0.3 is 10.0 Å². The molecule has 0 bridgehead atoms. The zero-order valence-corrected chi connectivity index (χ0v) is 15.7. The van der Waals surface area contributed by atoms with E-state index in [0.29, 0.717) is 11.8 Å². The molecule has 3 heteroatoms. The molecule has 2 aromatic carbocycles. The number of aromatic hydroxyl groups is 1. The number of aryl methyl sites for hydroxylation is 3. The standard InChI is InChI=1S/C22H30N2O/c1-17-4-5-18(2)22(16-17)24-14-12-23(13-15-24)19(3)6-7-20-8-10-21(25)11-9-20/h4-5,8-11,16,19,25H,6-7,12-15H2,1-3H3/t19-/m0/s1. The van der Waals surface area contributed by atoms with E-state index >= 15 is 0 Å². The Bertz CT molecular complexity index is 688. The van der Waals surface area contributed by atoms with Crippen LogP contribution in [0.25, 0.3) is 0 Å². The van der Waals surface area contributed by atoms with Crippen LogP contribution in [0.2, 0.25) is 0 Å². The molecule has 1 aliphatic rings. The van der Waals surface area contributed by atoms with E-state index in [1.54, 1.807) is 12.1 Å². The van der Waals surface area contributed by atoms with Crippen molar-refractivity contribution in [3.05, 3.63) is 59.2 Å². The van der Waals surface area contributed by atoms with E-state index in [1.165, 1.54) is 22.4 Å². The molecule has 0 saturated carbocycles. The monoisotopic (exact) mass is 338 g/mol. The predicted octanol–water partition coefficient (Wildman–Crippen LogP) is 4.15. The van der Waals surface area contributed by atoms with Crippen molar-refractivity contribution in [3.8, 4) is 5.75 Å². The SMILES string of the molecule is Cc1ccc(C)c(N2CCN([C@@H](C)CCc3ccc(O)cc3)CC2)c1. The van der Waals surface area contributed by atoms with Crippen molar-refractivity contribution < 1.29 is 5.11 Å². The van der Waals surface area contributed by atoms with Gasteiger partial charge in [0.1, 0.15) is 5.75 Å². The minimum atomic E-state index is 0.347. The number of piperazine rings is 1. The minimum absolute atomic E-state index is 0.347. The highest BCUT2D eigenvalue weighted by Crippen LogP contribution is 2.24. The summed E-state index contributed by atoms with van der Waals surface area (Å²) in [7, 11) is 0. The van der Waals surface area contributed by atoms with Gasteiger partial charge in [-0.05, 0) is 68.5 Å². The minimum Gasteiger partial charge on any atom is -0.508 e. The lowest BCUT2D eigenvalue weighted by atomic mass is 10.0. The van der Waals surface area contributed by atoms with E-state index in [-0.39, 0.29) is 0 Å². The summed E-state index contributed by atoms with van der Waals surface area (Å²) < 4.78 is 0. The first kappa shape index (κ1) is 17.8. The van der Waals surface area contributed by atoms with Crippen molar-refractivity contribution in [2.75, 3.05) is 31.1 Å². The van der Waals surface area contributed by atoms with Crippen molar-refractivity contribution in [2.45, 2.75) is 39.7 Å². The Labute approximate surface area is 151 Å². The normalized spacial score (nSPS) is 16.8. The van der Waals surface area contributed by atoms with Crippen LogP contribution in [0.5, 0.6) is 5.75 Å². The van der Waals surface area contributed by atoms with Crippen LogP contribution in [0, 0.1) is 13.8 Å². The van der Waals surface area contributed by atoms with Gasteiger partial charge in [-0.25, -0.2) is 0 Å². The Morgan fingerprint density at radius 2 is 1.64 bits per heavy atom. The zero-order chi connectivity index (χ0) is 17.8. The van der Waals surface area contributed by atoms with Crippen LogP contribution in [-0.2, 0) is 6.42 Å². The number of benzene rings is 2. The van der Waals surface area contributed by atoms with E-state index < -0.39 is 0 Å². The number of hydrogen-bond acceptors (Lipinski definition) is 3. The van der Waals surface area contributed by atoms with Gasteiger partial charge in [0, 0.05) is 37.9 Å². The molecule has 0 amide bonds. The molecule has 0 aromatic heterocycles. The van der Waals surface area contributed by atoms with Gasteiger partial charge in [0.25, 0.3) is 0 Å². The molecule has 0 aliphatic carbocycles. The molecule has 1 atom stereocenters. The second-order valence-corrected chi connectivity index (χ2v) is 7.37. The molecule has 25 heavy (non-hydrogen) atoms. The molecule has 3 rings (SSSR count). The molecule has 0 spiro atoms. The van der Waals surface area contributed by atoms with Crippen molar-refractivity contribution >= 4 is 5.69 Å². The Hall–Kier alpha value is -2.00. The lowest BCUT2D eigenvalue weighted by molar-refractivity contribution is 0.188. The van der Waals surface area contributed by atoms with Gasteiger partial charge >= 0.3 is 0 Å². The van der Waals surface area contributed by atoms with Crippen LogP contribution in [0.3, 0.4) is 0 Å². The molecule has 2 aromatic rings. The van der Waals surface area contributed by atoms with E-state index in [1.807, 2.05) is 12.1 Å². The Morgan fingerprint density at radius 3 is 2.32 bits per heavy atom. The zero-order valence-electron chi connectivity index (χ0n) is 15.7. The van der Waals surface area contributed by atoms with Crippen LogP contribution in [0.4, 0.5) is 5.69 Å². The maximum absolute atomic E-state index is 9.38. The molecular formula is C22H30N2O.